The van der Waals surface area contributed by atoms with E-state index in [1.54, 1.807) is 24.3 Å². The van der Waals surface area contributed by atoms with E-state index >= 15 is 0 Å². The number of allylic oxidation sites excluding steroid dienone is 2. The maximum Gasteiger partial charge on any atom is 0.228 e. The third kappa shape index (κ3) is 2.26. The molecule has 3 rings (SSSR count). The van der Waals surface area contributed by atoms with Crippen molar-refractivity contribution < 1.29 is 14.3 Å². The highest BCUT2D eigenvalue weighted by molar-refractivity contribution is 6.23. The van der Waals surface area contributed by atoms with Gasteiger partial charge in [-0.25, -0.2) is 0 Å². The van der Waals surface area contributed by atoms with Crippen molar-refractivity contribution in [1.29, 1.82) is 0 Å². The molecule has 0 saturated heterocycles. The summed E-state index contributed by atoms with van der Waals surface area (Å²) < 4.78 is 5.50. The molecule has 0 amide bonds. The van der Waals surface area contributed by atoms with Crippen LogP contribution in [0.25, 0.3) is 0 Å². The molecule has 0 bridgehead atoms. The third-order valence-electron chi connectivity index (χ3n) is 3.16. The van der Waals surface area contributed by atoms with Crippen LogP contribution in [-0.2, 0) is 11.3 Å². The molecule has 2 aromatic carbocycles. The molecule has 0 aliphatic heterocycles. The molecule has 0 unspecified atom stereocenters. The first kappa shape index (κ1) is 12.4. The van der Waals surface area contributed by atoms with Crippen molar-refractivity contribution in [2.75, 3.05) is 0 Å². The Morgan fingerprint density at radius 1 is 0.800 bits per heavy atom. The fraction of sp³-hybridized carbons (Fsp3) is 0.0588. The van der Waals surface area contributed by atoms with Crippen LogP contribution in [0.4, 0.5) is 0 Å². The number of ether oxygens (including phenoxy) is 1. The second-order valence-corrected chi connectivity index (χ2v) is 4.52. The quantitative estimate of drug-likeness (QED) is 0.855. The summed E-state index contributed by atoms with van der Waals surface area (Å²) in [4.78, 5) is 24.2. The number of benzene rings is 2. The molecule has 0 atom stereocenters. The van der Waals surface area contributed by atoms with Crippen molar-refractivity contribution in [3.05, 3.63) is 83.1 Å². The summed E-state index contributed by atoms with van der Waals surface area (Å²) in [6.45, 7) is 0.272. The van der Waals surface area contributed by atoms with E-state index in [0.717, 1.165) is 5.56 Å². The normalized spacial score (nSPS) is 13.7. The van der Waals surface area contributed by atoms with Gasteiger partial charge in [0.15, 0.2) is 11.5 Å². The van der Waals surface area contributed by atoms with E-state index in [1.165, 1.54) is 6.08 Å². The summed E-state index contributed by atoms with van der Waals surface area (Å²) >= 11 is 0. The fourth-order valence-corrected chi connectivity index (χ4v) is 2.13. The minimum Gasteiger partial charge on any atom is -0.485 e. The highest BCUT2D eigenvalue weighted by atomic mass is 16.5. The Labute approximate surface area is 116 Å². The van der Waals surface area contributed by atoms with Gasteiger partial charge >= 0.3 is 0 Å². The van der Waals surface area contributed by atoms with Crippen molar-refractivity contribution in [1.82, 2.24) is 0 Å². The number of carbonyl (C=O) groups excluding carboxylic acids is 2. The van der Waals surface area contributed by atoms with E-state index in [9.17, 15) is 9.59 Å². The van der Waals surface area contributed by atoms with Gasteiger partial charge in [0, 0.05) is 17.2 Å². The summed E-state index contributed by atoms with van der Waals surface area (Å²) in [7, 11) is 0. The predicted molar refractivity (Wildman–Crippen MR) is 74.4 cm³/mol. The Kier molecular flexibility index (Phi) is 3.17. The smallest absolute Gasteiger partial charge is 0.228 e. The Hall–Kier alpha value is -2.68. The second-order valence-electron chi connectivity index (χ2n) is 4.52. The number of hydrogen-bond donors (Lipinski definition) is 0. The average molecular weight is 264 g/mol. The number of ketones is 2. The van der Waals surface area contributed by atoms with E-state index in [1.807, 2.05) is 30.3 Å². The summed E-state index contributed by atoms with van der Waals surface area (Å²) in [6, 6.07) is 16.3. The molecule has 3 nitrogen and oxygen atoms in total. The summed E-state index contributed by atoms with van der Waals surface area (Å²) in [5.41, 5.74) is 1.79. The molecule has 0 heterocycles. The van der Waals surface area contributed by atoms with Crippen LogP contribution >= 0.6 is 0 Å². The first-order chi connectivity index (χ1) is 9.75. The minimum absolute atomic E-state index is 0.109. The molecule has 0 saturated carbocycles. The molecule has 1 aliphatic rings. The van der Waals surface area contributed by atoms with Crippen molar-refractivity contribution in [3.8, 4) is 0 Å². The zero-order valence-corrected chi connectivity index (χ0v) is 10.7. The SMILES string of the molecule is O=C1C=C(OCc2ccccc2)C(=O)c2ccccc21. The monoisotopic (exact) mass is 264 g/mol. The van der Waals surface area contributed by atoms with E-state index in [0.29, 0.717) is 11.1 Å². The van der Waals surface area contributed by atoms with E-state index < -0.39 is 0 Å². The Morgan fingerprint density at radius 2 is 1.45 bits per heavy atom. The van der Waals surface area contributed by atoms with Gasteiger partial charge in [0.2, 0.25) is 5.78 Å². The number of rotatable bonds is 3. The lowest BCUT2D eigenvalue weighted by atomic mass is 9.94. The number of carbonyl (C=O) groups is 2. The zero-order chi connectivity index (χ0) is 13.9. The van der Waals surface area contributed by atoms with Crippen LogP contribution in [0.5, 0.6) is 0 Å². The van der Waals surface area contributed by atoms with Crippen molar-refractivity contribution in [3.63, 3.8) is 0 Å². The van der Waals surface area contributed by atoms with Crippen LogP contribution in [0.15, 0.2) is 66.4 Å². The number of fused-ring (bicyclic) bond motifs is 1. The minimum atomic E-state index is -0.240. The van der Waals surface area contributed by atoms with Gasteiger partial charge in [-0.2, -0.15) is 0 Å². The molecule has 0 N–H and O–H groups in total. The Morgan fingerprint density at radius 3 is 2.20 bits per heavy atom. The molecular formula is C17H12O3. The molecule has 0 fully saturated rings. The lowest BCUT2D eigenvalue weighted by Crippen LogP contribution is -2.18. The number of Topliss-reactive ketones (excluding diaryl/α,β-unsaturated/α-hetero) is 1. The first-order valence-electron chi connectivity index (χ1n) is 6.32. The van der Waals surface area contributed by atoms with E-state index in [-0.39, 0.29) is 23.9 Å². The summed E-state index contributed by atoms with van der Waals surface area (Å²) in [6.07, 6.45) is 1.27. The molecule has 3 heteroatoms. The number of hydrogen-bond acceptors (Lipinski definition) is 3. The van der Waals surface area contributed by atoms with Crippen molar-refractivity contribution in [2.24, 2.45) is 0 Å². The zero-order valence-electron chi connectivity index (χ0n) is 10.7. The first-order valence-corrected chi connectivity index (χ1v) is 6.32. The van der Waals surface area contributed by atoms with Crippen LogP contribution in [0.1, 0.15) is 26.3 Å². The lowest BCUT2D eigenvalue weighted by Gasteiger charge is -2.15. The fourth-order valence-electron chi connectivity index (χ4n) is 2.13. The van der Waals surface area contributed by atoms with Crippen LogP contribution in [-0.4, -0.2) is 11.6 Å². The van der Waals surface area contributed by atoms with Gasteiger partial charge in [-0.15, -0.1) is 0 Å². The van der Waals surface area contributed by atoms with Crippen LogP contribution in [0.2, 0.25) is 0 Å². The van der Waals surface area contributed by atoms with Gasteiger partial charge in [-0.3, -0.25) is 9.59 Å². The van der Waals surface area contributed by atoms with Crippen LogP contribution in [0.3, 0.4) is 0 Å². The highest BCUT2D eigenvalue weighted by Crippen LogP contribution is 2.22. The standard InChI is InChI=1S/C17H12O3/c18-15-10-16(20-11-12-6-2-1-3-7-12)17(19)14-9-5-4-8-13(14)15/h1-10H,11H2. The Balaban J connectivity index is 1.82. The molecular weight excluding hydrogens is 252 g/mol. The average Bonchev–Trinajstić information content (AvgIpc) is 2.50. The van der Waals surface area contributed by atoms with Gasteiger partial charge in [0.05, 0.1) is 0 Å². The van der Waals surface area contributed by atoms with Crippen molar-refractivity contribution in [2.45, 2.75) is 6.61 Å². The molecule has 98 valence electrons. The molecule has 2 aromatic rings. The Bertz CT molecular complexity index is 699. The second kappa shape index (κ2) is 5.13. The van der Waals surface area contributed by atoms with Gasteiger partial charge in [0.1, 0.15) is 6.61 Å². The van der Waals surface area contributed by atoms with Gasteiger partial charge in [0.25, 0.3) is 0 Å². The van der Waals surface area contributed by atoms with Gasteiger partial charge < -0.3 is 4.74 Å². The van der Waals surface area contributed by atoms with E-state index in [4.69, 9.17) is 4.74 Å². The topological polar surface area (TPSA) is 43.4 Å². The van der Waals surface area contributed by atoms with Crippen molar-refractivity contribution >= 4 is 11.6 Å². The molecule has 0 aromatic heterocycles. The predicted octanol–water partition coefficient (Wildman–Crippen LogP) is 3.17. The third-order valence-corrected chi connectivity index (χ3v) is 3.16. The summed E-state index contributed by atoms with van der Waals surface area (Å²) in [5, 5.41) is 0. The molecule has 1 aliphatic carbocycles. The summed E-state index contributed by atoms with van der Waals surface area (Å²) in [5.74, 6) is -0.322. The van der Waals surface area contributed by atoms with Gasteiger partial charge in [-0.05, 0) is 5.56 Å². The molecule has 0 spiro atoms. The maximum atomic E-state index is 12.2. The van der Waals surface area contributed by atoms with Gasteiger partial charge in [-0.1, -0.05) is 54.6 Å². The van der Waals surface area contributed by atoms with E-state index in [2.05, 4.69) is 0 Å². The van der Waals surface area contributed by atoms with Crippen LogP contribution < -0.4 is 0 Å². The maximum absolute atomic E-state index is 12.2. The van der Waals surface area contributed by atoms with Crippen LogP contribution in [0, 0.1) is 0 Å². The lowest BCUT2D eigenvalue weighted by molar-refractivity contribution is 0.0870. The highest BCUT2D eigenvalue weighted by Gasteiger charge is 2.26. The molecule has 20 heavy (non-hydrogen) atoms. The molecule has 0 radical (unpaired) electrons. The largest absolute Gasteiger partial charge is 0.485 e.